The van der Waals surface area contributed by atoms with Crippen molar-refractivity contribution in [1.29, 1.82) is 0 Å². The summed E-state index contributed by atoms with van der Waals surface area (Å²) in [7, 11) is 0. The molecular formula is C20H20Li2. The largest absolute Gasteiger partial charge is 1.00 e. The molecule has 0 atom stereocenters. The van der Waals surface area contributed by atoms with Crippen molar-refractivity contribution in [2.45, 2.75) is 26.2 Å². The van der Waals surface area contributed by atoms with Gasteiger partial charge in [0, 0.05) is 0 Å². The van der Waals surface area contributed by atoms with Crippen LogP contribution in [0.25, 0.3) is 10.8 Å². The monoisotopic (exact) mass is 274 g/mol. The summed E-state index contributed by atoms with van der Waals surface area (Å²) >= 11 is 0. The van der Waals surface area contributed by atoms with Gasteiger partial charge in [0.2, 0.25) is 0 Å². The minimum Gasteiger partial charge on any atom is -0.184 e. The van der Waals surface area contributed by atoms with Gasteiger partial charge in [0.1, 0.15) is 0 Å². The van der Waals surface area contributed by atoms with Crippen LogP contribution in [-0.4, -0.2) is 0 Å². The molecule has 0 nitrogen and oxygen atoms in total. The van der Waals surface area contributed by atoms with E-state index in [0.717, 1.165) is 0 Å². The zero-order valence-electron chi connectivity index (χ0n) is 14.0. The quantitative estimate of drug-likeness (QED) is 0.445. The summed E-state index contributed by atoms with van der Waals surface area (Å²) in [6.07, 6.45) is 3.79. The zero-order chi connectivity index (χ0) is 14.0. The van der Waals surface area contributed by atoms with Gasteiger partial charge < -0.3 is 0 Å². The first kappa shape index (κ1) is 21.1. The molecule has 2 heteroatoms. The number of aryl methyl sites for hydroxylation is 1. The fourth-order valence-corrected chi connectivity index (χ4v) is 2.03. The molecule has 0 spiro atoms. The third kappa shape index (κ3) is 7.40. The second-order valence-electron chi connectivity index (χ2n) is 4.77. The predicted molar refractivity (Wildman–Crippen MR) is 86.7 cm³/mol. The molecule has 0 bridgehead atoms. The van der Waals surface area contributed by atoms with Crippen molar-refractivity contribution in [1.82, 2.24) is 0 Å². The molecule has 0 aliphatic rings. The van der Waals surface area contributed by atoms with Crippen LogP contribution >= 0.6 is 0 Å². The van der Waals surface area contributed by atoms with Crippen molar-refractivity contribution >= 4 is 10.8 Å². The van der Waals surface area contributed by atoms with Gasteiger partial charge in [-0.3, -0.25) is 0 Å². The molecule has 0 radical (unpaired) electrons. The molecule has 0 amide bonds. The van der Waals surface area contributed by atoms with Gasteiger partial charge in [-0.25, -0.2) is 0 Å². The number of hydrogen-bond acceptors (Lipinski definition) is 0. The molecule has 22 heavy (non-hydrogen) atoms. The van der Waals surface area contributed by atoms with E-state index in [0.29, 0.717) is 0 Å². The van der Waals surface area contributed by atoms with Gasteiger partial charge in [0.05, 0.1) is 0 Å². The first-order chi connectivity index (χ1) is 9.90. The molecule has 0 saturated carbocycles. The van der Waals surface area contributed by atoms with Crippen LogP contribution in [0.2, 0.25) is 0 Å². The second-order valence-corrected chi connectivity index (χ2v) is 4.77. The van der Waals surface area contributed by atoms with Crippen molar-refractivity contribution in [2.24, 2.45) is 0 Å². The molecule has 0 aromatic heterocycles. The summed E-state index contributed by atoms with van der Waals surface area (Å²) < 4.78 is 0. The van der Waals surface area contributed by atoms with Crippen LogP contribution in [0.15, 0.2) is 66.7 Å². The van der Waals surface area contributed by atoms with Crippen molar-refractivity contribution in [2.75, 3.05) is 0 Å². The van der Waals surface area contributed by atoms with E-state index in [2.05, 4.69) is 49.4 Å². The van der Waals surface area contributed by atoms with Crippen LogP contribution in [0.5, 0.6) is 0 Å². The first-order valence-corrected chi connectivity index (χ1v) is 7.20. The van der Waals surface area contributed by atoms with Gasteiger partial charge >= 0.3 is 37.7 Å². The topological polar surface area (TPSA) is 0 Å². The fourth-order valence-electron chi connectivity index (χ4n) is 2.03. The molecular weight excluding hydrogens is 254 g/mol. The van der Waals surface area contributed by atoms with E-state index >= 15 is 0 Å². The van der Waals surface area contributed by atoms with E-state index in [1.54, 1.807) is 0 Å². The molecule has 3 rings (SSSR count). The molecule has 0 N–H and O–H groups in total. The Hall–Kier alpha value is -0.885. The second kappa shape index (κ2) is 12.6. The van der Waals surface area contributed by atoms with E-state index in [-0.39, 0.29) is 37.7 Å². The van der Waals surface area contributed by atoms with Gasteiger partial charge in [-0.1, -0.05) is 38.3 Å². The minimum absolute atomic E-state index is 0. The van der Waals surface area contributed by atoms with E-state index in [4.69, 9.17) is 0 Å². The fraction of sp³-hybridized carbons (Fsp3) is 0.200. The smallest absolute Gasteiger partial charge is 0.184 e. The average molecular weight is 274 g/mol. The summed E-state index contributed by atoms with van der Waals surface area (Å²) in [4.78, 5) is 0. The van der Waals surface area contributed by atoms with Crippen LogP contribution in [0.3, 0.4) is 0 Å². The molecule has 3 aromatic carbocycles. The number of unbranched alkanes of at least 4 members (excludes halogenated alkanes) is 1. The molecule has 0 aliphatic heterocycles. The SMILES string of the molecule is CCCCc1cc[c-]cc1.[Li+].[Li+].[c-]1cccc2ccccc12. The Kier molecular flexibility index (Phi) is 12.1. The number of hydrogen-bond donors (Lipinski definition) is 0. The number of rotatable bonds is 3. The molecule has 0 heterocycles. The minimum atomic E-state index is 0. The zero-order valence-corrected chi connectivity index (χ0v) is 14.0. The summed E-state index contributed by atoms with van der Waals surface area (Å²) in [6, 6.07) is 28.6. The van der Waals surface area contributed by atoms with Gasteiger partial charge in [0.25, 0.3) is 0 Å². The molecule has 0 unspecified atom stereocenters. The molecule has 102 valence electrons. The maximum absolute atomic E-state index is 3.15. The Morgan fingerprint density at radius 1 is 0.818 bits per heavy atom. The average Bonchev–Trinajstić information content (AvgIpc) is 2.55. The van der Waals surface area contributed by atoms with Crippen LogP contribution in [0, 0.1) is 12.1 Å². The van der Waals surface area contributed by atoms with Crippen LogP contribution in [0.1, 0.15) is 25.3 Å². The summed E-state index contributed by atoms with van der Waals surface area (Å²) in [5.41, 5.74) is 1.43. The Labute approximate surface area is 158 Å². The number of fused-ring (bicyclic) bond motifs is 1. The van der Waals surface area contributed by atoms with Crippen molar-refractivity contribution in [3.05, 3.63) is 84.4 Å². The summed E-state index contributed by atoms with van der Waals surface area (Å²) in [5, 5.41) is 2.44. The molecule has 0 aliphatic carbocycles. The van der Waals surface area contributed by atoms with Gasteiger partial charge in [-0.15, -0.1) is 47.2 Å². The summed E-state index contributed by atoms with van der Waals surface area (Å²) in [6.45, 7) is 2.22. The Bertz CT molecular complexity index is 555. The van der Waals surface area contributed by atoms with Gasteiger partial charge in [-0.05, 0) is 0 Å². The van der Waals surface area contributed by atoms with E-state index in [1.807, 2.05) is 36.4 Å². The predicted octanol–water partition coefficient (Wildman–Crippen LogP) is -0.523. The van der Waals surface area contributed by atoms with E-state index in [1.165, 1.54) is 35.6 Å². The third-order valence-corrected chi connectivity index (χ3v) is 3.18. The van der Waals surface area contributed by atoms with Gasteiger partial charge in [0.15, 0.2) is 0 Å². The van der Waals surface area contributed by atoms with E-state index in [9.17, 15) is 0 Å². The molecule has 3 aromatic rings. The van der Waals surface area contributed by atoms with E-state index < -0.39 is 0 Å². The van der Waals surface area contributed by atoms with Crippen molar-refractivity contribution in [3.63, 3.8) is 0 Å². The third-order valence-electron chi connectivity index (χ3n) is 3.18. The molecule has 0 fully saturated rings. The maximum atomic E-state index is 3.15. The van der Waals surface area contributed by atoms with Crippen molar-refractivity contribution < 1.29 is 37.7 Å². The Balaban J connectivity index is 0.000000367. The van der Waals surface area contributed by atoms with Crippen LogP contribution in [-0.2, 0) is 6.42 Å². The van der Waals surface area contributed by atoms with Crippen molar-refractivity contribution in [3.8, 4) is 0 Å². The maximum Gasteiger partial charge on any atom is 1.00 e. The standard InChI is InChI=1S/C10H7.C10H13.2Li/c1-2-6-10-8-4-3-7-9(10)5-1;1-2-3-7-10-8-5-4-6-9-10;;/h1-7H;5-6,8-9H,2-3,7H2,1H3;;/q2*-1;2*+1. The van der Waals surface area contributed by atoms with Crippen LogP contribution < -0.4 is 37.7 Å². The summed E-state index contributed by atoms with van der Waals surface area (Å²) in [5.74, 6) is 0. The normalized spacial score (nSPS) is 8.95. The first-order valence-electron chi connectivity index (χ1n) is 7.20. The Morgan fingerprint density at radius 3 is 2.18 bits per heavy atom. The Morgan fingerprint density at radius 2 is 1.50 bits per heavy atom. The molecule has 0 saturated heterocycles. The number of benzene rings is 3. The van der Waals surface area contributed by atoms with Gasteiger partial charge in [-0.2, -0.15) is 35.9 Å². The van der Waals surface area contributed by atoms with Crippen LogP contribution in [0.4, 0.5) is 0 Å².